The van der Waals surface area contributed by atoms with E-state index < -0.39 is 5.97 Å². The monoisotopic (exact) mass is 459 g/mol. The molecule has 174 valence electrons. The van der Waals surface area contributed by atoms with Gasteiger partial charge in [-0.25, -0.2) is 10.2 Å². The van der Waals surface area contributed by atoms with Crippen molar-refractivity contribution in [3.63, 3.8) is 0 Å². The molecule has 3 aromatic carbocycles. The molecule has 8 heteroatoms. The van der Waals surface area contributed by atoms with Crippen LogP contribution in [-0.4, -0.2) is 37.1 Å². The van der Waals surface area contributed by atoms with Gasteiger partial charge < -0.3 is 14.8 Å². The van der Waals surface area contributed by atoms with Gasteiger partial charge >= 0.3 is 5.97 Å². The van der Waals surface area contributed by atoms with Crippen molar-refractivity contribution in [1.82, 2.24) is 10.7 Å². The Morgan fingerprint density at radius 3 is 2.24 bits per heavy atom. The number of rotatable bonds is 10. The van der Waals surface area contributed by atoms with Gasteiger partial charge in [0.25, 0.3) is 5.91 Å². The van der Waals surface area contributed by atoms with Crippen molar-refractivity contribution < 1.29 is 23.9 Å². The molecule has 0 aliphatic heterocycles. The average Bonchev–Trinajstić information content (AvgIpc) is 2.86. The van der Waals surface area contributed by atoms with Gasteiger partial charge in [-0.3, -0.25) is 9.59 Å². The predicted octanol–water partition coefficient (Wildman–Crippen LogP) is 3.57. The first-order valence-corrected chi connectivity index (χ1v) is 10.8. The van der Waals surface area contributed by atoms with Gasteiger partial charge in [0.2, 0.25) is 5.91 Å². The average molecular weight is 460 g/mol. The van der Waals surface area contributed by atoms with E-state index in [1.54, 1.807) is 66.7 Å². The zero-order valence-electron chi connectivity index (χ0n) is 18.7. The summed E-state index contributed by atoms with van der Waals surface area (Å²) in [5.41, 5.74) is 4.02. The summed E-state index contributed by atoms with van der Waals surface area (Å²) in [6.07, 6.45) is 1.53. The summed E-state index contributed by atoms with van der Waals surface area (Å²) in [5, 5.41) is 6.62. The van der Waals surface area contributed by atoms with Crippen LogP contribution in [0.3, 0.4) is 0 Å². The summed E-state index contributed by atoms with van der Waals surface area (Å²) in [6, 6.07) is 22.4. The quantitative estimate of drug-likeness (QED) is 0.209. The largest absolute Gasteiger partial charge is 0.490 e. The highest BCUT2D eigenvalue weighted by molar-refractivity contribution is 5.94. The van der Waals surface area contributed by atoms with Gasteiger partial charge in [0.1, 0.15) is 0 Å². The minimum Gasteiger partial charge on any atom is -0.490 e. The third-order valence-corrected chi connectivity index (χ3v) is 4.56. The van der Waals surface area contributed by atoms with E-state index in [1.165, 1.54) is 6.21 Å². The Bertz CT molecular complexity index is 1150. The fraction of sp³-hybridized carbons (Fsp3) is 0.154. The smallest absolute Gasteiger partial charge is 0.343 e. The van der Waals surface area contributed by atoms with Crippen molar-refractivity contribution in [2.45, 2.75) is 13.3 Å². The van der Waals surface area contributed by atoms with E-state index in [4.69, 9.17) is 9.47 Å². The molecule has 3 rings (SSSR count). The predicted molar refractivity (Wildman–Crippen MR) is 128 cm³/mol. The second kappa shape index (κ2) is 12.5. The molecule has 2 amide bonds. The van der Waals surface area contributed by atoms with Crippen molar-refractivity contribution in [3.8, 4) is 11.5 Å². The van der Waals surface area contributed by atoms with Gasteiger partial charge in [0.05, 0.1) is 18.4 Å². The number of hydrazone groups is 1. The maximum Gasteiger partial charge on any atom is 0.343 e. The highest BCUT2D eigenvalue weighted by Crippen LogP contribution is 2.29. The third kappa shape index (κ3) is 7.30. The summed E-state index contributed by atoms with van der Waals surface area (Å²) in [4.78, 5) is 36.3. The summed E-state index contributed by atoms with van der Waals surface area (Å²) >= 11 is 0. The highest BCUT2D eigenvalue weighted by atomic mass is 16.6. The lowest BCUT2D eigenvalue weighted by atomic mass is 10.2. The first kappa shape index (κ1) is 24.2. The molecule has 0 atom stereocenters. The lowest BCUT2D eigenvalue weighted by Crippen LogP contribution is -2.28. The van der Waals surface area contributed by atoms with Crippen molar-refractivity contribution in [3.05, 3.63) is 95.6 Å². The molecule has 0 bridgehead atoms. The van der Waals surface area contributed by atoms with E-state index in [0.29, 0.717) is 29.0 Å². The minimum atomic E-state index is -0.491. The van der Waals surface area contributed by atoms with E-state index in [9.17, 15) is 14.4 Å². The molecule has 0 heterocycles. The summed E-state index contributed by atoms with van der Waals surface area (Å²) in [6.45, 7) is 2.38. The molecule has 34 heavy (non-hydrogen) atoms. The van der Waals surface area contributed by atoms with Crippen LogP contribution in [0.2, 0.25) is 0 Å². The zero-order chi connectivity index (χ0) is 24.2. The maximum atomic E-state index is 12.3. The van der Waals surface area contributed by atoms with Crippen molar-refractivity contribution in [2.24, 2.45) is 5.10 Å². The molecule has 0 saturated heterocycles. The number of ether oxygens (including phenoxy) is 2. The topological polar surface area (TPSA) is 106 Å². The van der Waals surface area contributed by atoms with Crippen LogP contribution in [0.5, 0.6) is 11.5 Å². The molecule has 0 saturated carbocycles. The van der Waals surface area contributed by atoms with Crippen LogP contribution in [0.4, 0.5) is 0 Å². The van der Waals surface area contributed by atoms with Gasteiger partial charge in [0, 0.05) is 18.5 Å². The number of benzene rings is 3. The highest BCUT2D eigenvalue weighted by Gasteiger charge is 2.13. The van der Waals surface area contributed by atoms with Gasteiger partial charge in [-0.2, -0.15) is 5.10 Å². The van der Waals surface area contributed by atoms with Gasteiger partial charge in [-0.05, 0) is 55.0 Å². The molecule has 0 spiro atoms. The number of nitrogens with zero attached hydrogens (tertiary/aromatic N) is 1. The van der Waals surface area contributed by atoms with Crippen molar-refractivity contribution in [2.75, 3.05) is 13.2 Å². The molecular weight excluding hydrogens is 434 g/mol. The summed E-state index contributed by atoms with van der Waals surface area (Å²) < 4.78 is 11.1. The van der Waals surface area contributed by atoms with E-state index in [1.807, 2.05) is 19.1 Å². The van der Waals surface area contributed by atoms with E-state index >= 15 is 0 Å². The van der Waals surface area contributed by atoms with E-state index in [2.05, 4.69) is 15.8 Å². The van der Waals surface area contributed by atoms with Gasteiger partial charge in [0.15, 0.2) is 11.5 Å². The van der Waals surface area contributed by atoms with Crippen LogP contribution in [0.1, 0.15) is 39.6 Å². The number of hydrogen-bond acceptors (Lipinski definition) is 6. The number of nitrogens with one attached hydrogen (secondary N) is 2. The first-order valence-electron chi connectivity index (χ1n) is 10.8. The number of carbonyl (C=O) groups is 3. The fourth-order valence-electron chi connectivity index (χ4n) is 2.91. The molecule has 0 aliphatic carbocycles. The Kier molecular flexibility index (Phi) is 8.92. The van der Waals surface area contributed by atoms with Crippen LogP contribution >= 0.6 is 0 Å². The second-order valence-corrected chi connectivity index (χ2v) is 7.06. The normalized spacial score (nSPS) is 10.5. The standard InChI is InChI=1S/C26H25N3O5/c1-2-33-23-17-19(13-14-22(23)34-26(32)21-11-7-4-8-12-21)18-28-29-24(30)15-16-27-25(31)20-9-5-3-6-10-20/h3-14,17-18H,2,15-16H2,1H3,(H,27,31)(H,29,30). The molecule has 8 nitrogen and oxygen atoms in total. The molecule has 0 unspecified atom stereocenters. The Morgan fingerprint density at radius 1 is 0.882 bits per heavy atom. The van der Waals surface area contributed by atoms with Crippen molar-refractivity contribution in [1.29, 1.82) is 0 Å². The molecule has 0 radical (unpaired) electrons. The van der Waals surface area contributed by atoms with E-state index in [0.717, 1.165) is 0 Å². The van der Waals surface area contributed by atoms with E-state index in [-0.39, 0.29) is 30.5 Å². The van der Waals surface area contributed by atoms with Crippen LogP contribution in [0, 0.1) is 0 Å². The van der Waals surface area contributed by atoms with Crippen LogP contribution in [-0.2, 0) is 4.79 Å². The number of hydrogen-bond donors (Lipinski definition) is 2. The SMILES string of the molecule is CCOc1cc(C=NNC(=O)CCNC(=O)c2ccccc2)ccc1OC(=O)c1ccccc1. The summed E-state index contributed by atoms with van der Waals surface area (Å²) in [5.74, 6) is -0.414. The first-order chi connectivity index (χ1) is 16.6. The van der Waals surface area contributed by atoms with Crippen LogP contribution in [0.15, 0.2) is 84.0 Å². The van der Waals surface area contributed by atoms with Crippen molar-refractivity contribution >= 4 is 24.0 Å². The zero-order valence-corrected chi connectivity index (χ0v) is 18.7. The Labute approximate surface area is 197 Å². The Balaban J connectivity index is 1.51. The van der Waals surface area contributed by atoms with Gasteiger partial charge in [-0.15, -0.1) is 0 Å². The molecule has 2 N–H and O–H groups in total. The molecule has 0 fully saturated rings. The Hall–Kier alpha value is -4.46. The van der Waals surface area contributed by atoms with Crippen LogP contribution < -0.4 is 20.2 Å². The molecule has 3 aromatic rings. The molecule has 0 aromatic heterocycles. The number of amides is 2. The fourth-order valence-corrected chi connectivity index (χ4v) is 2.91. The minimum absolute atomic E-state index is 0.0779. The Morgan fingerprint density at radius 2 is 1.56 bits per heavy atom. The van der Waals surface area contributed by atoms with Gasteiger partial charge in [-0.1, -0.05) is 36.4 Å². The third-order valence-electron chi connectivity index (χ3n) is 4.56. The summed E-state index contributed by atoms with van der Waals surface area (Å²) in [7, 11) is 0. The number of esters is 1. The lowest BCUT2D eigenvalue weighted by molar-refractivity contribution is -0.120. The molecular formula is C26H25N3O5. The maximum absolute atomic E-state index is 12.3. The number of carbonyl (C=O) groups excluding carboxylic acids is 3. The van der Waals surface area contributed by atoms with Crippen LogP contribution in [0.25, 0.3) is 0 Å². The lowest BCUT2D eigenvalue weighted by Gasteiger charge is -2.11. The molecule has 0 aliphatic rings. The second-order valence-electron chi connectivity index (χ2n) is 7.06.